The summed E-state index contributed by atoms with van der Waals surface area (Å²) in [6.45, 7) is 2.32. The van der Waals surface area contributed by atoms with Gasteiger partial charge < -0.3 is 20.9 Å². The standard InChI is InChI=1S/C13H15N5O/c14-9-1-2-11(10(7-9)13(15)19)18-6-5-17-4-3-16-12(17)8-18/h1-4,7H,5-6,8,14H2,(H2,15,19). The van der Waals surface area contributed by atoms with Gasteiger partial charge in [0.25, 0.3) is 5.91 Å². The molecule has 0 fully saturated rings. The van der Waals surface area contributed by atoms with E-state index in [0.717, 1.165) is 24.6 Å². The summed E-state index contributed by atoms with van der Waals surface area (Å²) in [6, 6.07) is 5.25. The van der Waals surface area contributed by atoms with E-state index in [1.165, 1.54) is 0 Å². The normalized spacial score (nSPS) is 14.2. The summed E-state index contributed by atoms with van der Waals surface area (Å²) in [6.07, 6.45) is 3.75. The van der Waals surface area contributed by atoms with E-state index in [0.29, 0.717) is 17.8 Å². The van der Waals surface area contributed by atoms with Gasteiger partial charge in [-0.3, -0.25) is 4.79 Å². The summed E-state index contributed by atoms with van der Waals surface area (Å²) in [5.41, 5.74) is 12.9. The lowest BCUT2D eigenvalue weighted by Gasteiger charge is -2.30. The lowest BCUT2D eigenvalue weighted by atomic mass is 10.1. The molecule has 6 heteroatoms. The molecule has 1 aromatic carbocycles. The molecule has 1 aliphatic rings. The van der Waals surface area contributed by atoms with Crippen molar-refractivity contribution in [2.75, 3.05) is 17.2 Å². The fourth-order valence-electron chi connectivity index (χ4n) is 2.41. The van der Waals surface area contributed by atoms with E-state index in [1.54, 1.807) is 18.3 Å². The van der Waals surface area contributed by atoms with E-state index in [2.05, 4.69) is 14.5 Å². The van der Waals surface area contributed by atoms with Crippen LogP contribution in [-0.4, -0.2) is 22.0 Å². The summed E-state index contributed by atoms with van der Waals surface area (Å²) in [5, 5.41) is 0. The summed E-state index contributed by atoms with van der Waals surface area (Å²) < 4.78 is 2.11. The van der Waals surface area contributed by atoms with Crippen LogP contribution in [0.2, 0.25) is 0 Å². The van der Waals surface area contributed by atoms with Crippen LogP contribution in [0.4, 0.5) is 11.4 Å². The van der Waals surface area contributed by atoms with Crippen LogP contribution < -0.4 is 16.4 Å². The van der Waals surface area contributed by atoms with Gasteiger partial charge in [-0.1, -0.05) is 0 Å². The van der Waals surface area contributed by atoms with E-state index >= 15 is 0 Å². The van der Waals surface area contributed by atoms with Gasteiger partial charge in [0.2, 0.25) is 0 Å². The Morgan fingerprint density at radius 2 is 2.16 bits per heavy atom. The number of hydrogen-bond acceptors (Lipinski definition) is 4. The SMILES string of the molecule is NC(=O)c1cc(N)ccc1N1CCn2ccnc2C1. The van der Waals surface area contributed by atoms with Gasteiger partial charge in [-0.25, -0.2) is 4.98 Å². The third kappa shape index (κ3) is 2.01. The molecule has 0 saturated heterocycles. The average Bonchev–Trinajstić information content (AvgIpc) is 2.85. The van der Waals surface area contributed by atoms with Gasteiger partial charge in [0, 0.05) is 31.2 Å². The smallest absolute Gasteiger partial charge is 0.250 e. The van der Waals surface area contributed by atoms with Crippen LogP contribution in [0.5, 0.6) is 0 Å². The van der Waals surface area contributed by atoms with Crippen LogP contribution in [0.3, 0.4) is 0 Å². The van der Waals surface area contributed by atoms with Gasteiger partial charge in [0.15, 0.2) is 0 Å². The lowest BCUT2D eigenvalue weighted by molar-refractivity contribution is 0.100. The number of anilines is 2. The first kappa shape index (κ1) is 11.6. The van der Waals surface area contributed by atoms with Crippen molar-refractivity contribution < 1.29 is 4.79 Å². The largest absolute Gasteiger partial charge is 0.399 e. The van der Waals surface area contributed by atoms with Crippen LogP contribution >= 0.6 is 0 Å². The summed E-state index contributed by atoms with van der Waals surface area (Å²) >= 11 is 0. The van der Waals surface area contributed by atoms with Crippen LogP contribution in [0.15, 0.2) is 30.6 Å². The Labute approximate surface area is 110 Å². The second-order valence-corrected chi connectivity index (χ2v) is 4.60. The minimum absolute atomic E-state index is 0.458. The van der Waals surface area contributed by atoms with Crippen molar-refractivity contribution >= 4 is 17.3 Å². The highest BCUT2D eigenvalue weighted by Crippen LogP contribution is 2.26. The number of nitrogen functional groups attached to an aromatic ring is 1. The molecule has 2 aromatic rings. The van der Waals surface area contributed by atoms with Gasteiger partial charge in [0.1, 0.15) is 5.82 Å². The fourth-order valence-corrected chi connectivity index (χ4v) is 2.41. The first-order chi connectivity index (χ1) is 9.15. The molecule has 1 aromatic heterocycles. The second kappa shape index (κ2) is 4.31. The number of imidazole rings is 1. The second-order valence-electron chi connectivity index (χ2n) is 4.60. The fraction of sp³-hybridized carbons (Fsp3) is 0.231. The van der Waals surface area contributed by atoms with Crippen molar-refractivity contribution in [2.45, 2.75) is 13.1 Å². The highest BCUT2D eigenvalue weighted by atomic mass is 16.1. The third-order valence-corrected chi connectivity index (χ3v) is 3.37. The zero-order valence-corrected chi connectivity index (χ0v) is 10.4. The molecule has 19 heavy (non-hydrogen) atoms. The third-order valence-electron chi connectivity index (χ3n) is 3.37. The van der Waals surface area contributed by atoms with Crippen LogP contribution in [-0.2, 0) is 13.1 Å². The highest BCUT2D eigenvalue weighted by molar-refractivity contribution is 5.99. The Kier molecular flexibility index (Phi) is 2.63. The topological polar surface area (TPSA) is 90.2 Å². The van der Waals surface area contributed by atoms with Gasteiger partial charge >= 0.3 is 0 Å². The summed E-state index contributed by atoms with van der Waals surface area (Å²) in [4.78, 5) is 17.9. The Balaban J connectivity index is 1.98. The van der Waals surface area contributed by atoms with Crippen molar-refractivity contribution in [3.8, 4) is 0 Å². The number of hydrogen-bond donors (Lipinski definition) is 2. The van der Waals surface area contributed by atoms with E-state index < -0.39 is 5.91 Å². The summed E-state index contributed by atoms with van der Waals surface area (Å²) in [5.74, 6) is 0.523. The van der Waals surface area contributed by atoms with Gasteiger partial charge in [-0.05, 0) is 18.2 Å². The van der Waals surface area contributed by atoms with E-state index in [1.807, 2.05) is 12.3 Å². The van der Waals surface area contributed by atoms with Crippen molar-refractivity contribution in [1.29, 1.82) is 0 Å². The molecule has 0 bridgehead atoms. The number of rotatable bonds is 2. The Hall–Kier alpha value is -2.50. The maximum absolute atomic E-state index is 11.5. The molecular weight excluding hydrogens is 242 g/mol. The lowest BCUT2D eigenvalue weighted by Crippen LogP contribution is -2.35. The molecule has 3 rings (SSSR count). The highest BCUT2D eigenvalue weighted by Gasteiger charge is 2.20. The molecule has 2 heterocycles. The molecule has 98 valence electrons. The van der Waals surface area contributed by atoms with Crippen LogP contribution in [0, 0.1) is 0 Å². The monoisotopic (exact) mass is 257 g/mol. The van der Waals surface area contributed by atoms with Crippen molar-refractivity contribution in [1.82, 2.24) is 9.55 Å². The molecule has 0 unspecified atom stereocenters. The van der Waals surface area contributed by atoms with Crippen LogP contribution in [0.25, 0.3) is 0 Å². The molecule has 0 aliphatic carbocycles. The average molecular weight is 257 g/mol. The van der Waals surface area contributed by atoms with Gasteiger partial charge in [-0.2, -0.15) is 0 Å². The number of nitrogens with zero attached hydrogens (tertiary/aromatic N) is 3. The Bertz CT molecular complexity index is 634. The molecule has 0 saturated carbocycles. The van der Waals surface area contributed by atoms with Crippen molar-refractivity contribution in [3.05, 3.63) is 42.0 Å². The minimum atomic E-state index is -0.462. The number of carbonyl (C=O) groups excluding carboxylic acids is 1. The molecule has 0 spiro atoms. The van der Waals surface area contributed by atoms with Gasteiger partial charge in [0.05, 0.1) is 17.8 Å². The zero-order valence-electron chi connectivity index (χ0n) is 10.4. The van der Waals surface area contributed by atoms with Crippen molar-refractivity contribution in [3.63, 3.8) is 0 Å². The Morgan fingerprint density at radius 1 is 1.32 bits per heavy atom. The number of carbonyl (C=O) groups is 1. The number of amides is 1. The first-order valence-corrected chi connectivity index (χ1v) is 6.09. The maximum Gasteiger partial charge on any atom is 0.250 e. The number of nitrogens with two attached hydrogens (primary N) is 2. The zero-order chi connectivity index (χ0) is 13.4. The molecule has 0 atom stereocenters. The molecule has 4 N–H and O–H groups in total. The molecule has 1 amide bonds. The number of aromatic nitrogens is 2. The molecule has 6 nitrogen and oxygen atoms in total. The molecular formula is C13H15N5O. The molecule has 0 radical (unpaired) electrons. The van der Waals surface area contributed by atoms with Crippen molar-refractivity contribution in [2.24, 2.45) is 5.73 Å². The quantitative estimate of drug-likeness (QED) is 0.770. The first-order valence-electron chi connectivity index (χ1n) is 6.09. The Morgan fingerprint density at radius 3 is 2.95 bits per heavy atom. The number of fused-ring (bicyclic) bond motifs is 1. The predicted octanol–water partition coefficient (Wildman–Crippen LogP) is 0.584. The number of primary amides is 1. The minimum Gasteiger partial charge on any atom is -0.399 e. The number of benzene rings is 1. The van der Waals surface area contributed by atoms with E-state index in [9.17, 15) is 4.79 Å². The van der Waals surface area contributed by atoms with E-state index in [-0.39, 0.29) is 0 Å². The summed E-state index contributed by atoms with van der Waals surface area (Å²) in [7, 11) is 0. The van der Waals surface area contributed by atoms with Crippen LogP contribution in [0.1, 0.15) is 16.2 Å². The van der Waals surface area contributed by atoms with Gasteiger partial charge in [-0.15, -0.1) is 0 Å². The predicted molar refractivity (Wildman–Crippen MR) is 72.6 cm³/mol. The van der Waals surface area contributed by atoms with E-state index in [4.69, 9.17) is 11.5 Å². The maximum atomic E-state index is 11.5. The molecule has 1 aliphatic heterocycles.